The minimum atomic E-state index is -2.78. The molecule has 0 atom stereocenters. The number of ether oxygens (including phenoxy) is 3. The quantitative estimate of drug-likeness (QED) is 0.400. The van der Waals surface area contributed by atoms with Crippen molar-refractivity contribution in [2.75, 3.05) is 20.0 Å². The van der Waals surface area contributed by atoms with Crippen LogP contribution in [0.5, 0.6) is 0 Å². The molecule has 0 bridgehead atoms. The topological polar surface area (TPSA) is 118 Å². The van der Waals surface area contributed by atoms with Crippen LogP contribution in [0.3, 0.4) is 0 Å². The number of alkyl halides is 2. The minimum absolute atomic E-state index is 0.00139. The van der Waals surface area contributed by atoms with E-state index in [1.807, 2.05) is 0 Å². The molecule has 2 aromatic rings. The fourth-order valence-corrected chi connectivity index (χ4v) is 3.69. The number of aromatic nitrogens is 1. The highest BCUT2D eigenvalue weighted by Gasteiger charge is 2.28. The maximum absolute atomic E-state index is 12.6. The summed E-state index contributed by atoms with van der Waals surface area (Å²) in [5.74, 6) is -5.36. The Bertz CT molecular complexity index is 903. The van der Waals surface area contributed by atoms with E-state index < -0.39 is 30.3 Å². The largest absolute Gasteiger partial charge is 0.465 e. The van der Waals surface area contributed by atoms with Crippen LogP contribution >= 0.6 is 23.1 Å². The molecule has 0 amide bonds. The molecule has 0 saturated carbocycles. The highest BCUT2D eigenvalue weighted by atomic mass is 32.2. The Morgan fingerprint density at radius 3 is 2.50 bits per heavy atom. The van der Waals surface area contributed by atoms with Gasteiger partial charge < -0.3 is 19.9 Å². The smallest absolute Gasteiger partial charge is 0.348 e. The van der Waals surface area contributed by atoms with E-state index in [9.17, 15) is 23.2 Å². The van der Waals surface area contributed by atoms with Gasteiger partial charge >= 0.3 is 17.9 Å². The highest BCUT2D eigenvalue weighted by Crippen LogP contribution is 2.33. The number of hydrogen-bond donors (Lipinski definition) is 1. The number of rotatable bonds is 7. The molecular weight excluding hydrogens is 418 g/mol. The second kappa shape index (κ2) is 9.46. The summed E-state index contributed by atoms with van der Waals surface area (Å²) >= 11 is 0.863. The fraction of sp³-hybridized carbons (Fsp3) is 0.250. The zero-order valence-corrected chi connectivity index (χ0v) is 16.2. The molecule has 8 nitrogen and oxygen atoms in total. The molecule has 0 aliphatic rings. The Labute approximate surface area is 166 Å². The van der Waals surface area contributed by atoms with Gasteiger partial charge in [-0.3, -0.25) is 0 Å². The van der Waals surface area contributed by atoms with E-state index in [2.05, 4.69) is 14.5 Å². The number of halogens is 2. The monoisotopic (exact) mass is 432 g/mol. The number of anilines is 1. The number of thiophene rings is 1. The van der Waals surface area contributed by atoms with Crippen molar-refractivity contribution in [3.63, 3.8) is 0 Å². The number of thioether (sulfide) groups is 1. The van der Waals surface area contributed by atoms with Crippen LogP contribution in [0.25, 0.3) is 0 Å². The summed E-state index contributed by atoms with van der Waals surface area (Å²) in [6, 6.07) is 2.65. The Morgan fingerprint density at radius 2 is 1.89 bits per heavy atom. The number of carbonyl (C=O) groups is 3. The maximum Gasteiger partial charge on any atom is 0.348 e. The van der Waals surface area contributed by atoms with Gasteiger partial charge in [0, 0.05) is 11.8 Å². The van der Waals surface area contributed by atoms with Crippen LogP contribution in [0.15, 0.2) is 23.4 Å². The number of pyridine rings is 1. The summed E-state index contributed by atoms with van der Waals surface area (Å²) in [5, 5.41) is -0.234. The SMILES string of the molecule is COC(=O)c1sc(N)c(C(=O)OC)c1COC(=O)c1cccnc1SC(F)F. The first-order valence-electron chi connectivity index (χ1n) is 7.44. The molecule has 0 aliphatic carbocycles. The van der Waals surface area contributed by atoms with E-state index in [4.69, 9.17) is 10.5 Å². The Morgan fingerprint density at radius 1 is 1.21 bits per heavy atom. The van der Waals surface area contributed by atoms with E-state index in [1.54, 1.807) is 0 Å². The number of methoxy groups -OCH3 is 2. The van der Waals surface area contributed by atoms with Crippen LogP contribution in [0.1, 0.15) is 36.0 Å². The lowest BCUT2D eigenvalue weighted by atomic mass is 10.1. The molecule has 0 spiro atoms. The maximum atomic E-state index is 12.6. The third-order valence-corrected chi connectivity index (χ3v) is 5.10. The Hall–Kier alpha value is -2.73. The zero-order chi connectivity index (χ0) is 20.8. The van der Waals surface area contributed by atoms with Gasteiger partial charge in [0.1, 0.15) is 27.1 Å². The first kappa shape index (κ1) is 21.6. The van der Waals surface area contributed by atoms with Crippen molar-refractivity contribution in [1.29, 1.82) is 0 Å². The van der Waals surface area contributed by atoms with E-state index in [0.717, 1.165) is 25.6 Å². The molecule has 0 fully saturated rings. The Kier molecular flexibility index (Phi) is 7.29. The summed E-state index contributed by atoms with van der Waals surface area (Å²) in [6.45, 7) is -0.533. The van der Waals surface area contributed by atoms with Gasteiger partial charge in [-0.05, 0) is 23.9 Å². The van der Waals surface area contributed by atoms with Crippen molar-refractivity contribution in [2.24, 2.45) is 0 Å². The third kappa shape index (κ3) is 4.75. The van der Waals surface area contributed by atoms with Crippen LogP contribution in [-0.2, 0) is 20.8 Å². The highest BCUT2D eigenvalue weighted by molar-refractivity contribution is 7.99. The number of hydrogen-bond acceptors (Lipinski definition) is 10. The molecule has 2 N–H and O–H groups in total. The molecule has 2 rings (SSSR count). The normalized spacial score (nSPS) is 10.6. The summed E-state index contributed by atoms with van der Waals surface area (Å²) in [6.07, 6.45) is 1.26. The molecule has 0 radical (unpaired) electrons. The number of nitrogens with zero attached hydrogens (tertiary/aromatic N) is 1. The van der Waals surface area contributed by atoms with Crippen molar-refractivity contribution < 1.29 is 37.4 Å². The van der Waals surface area contributed by atoms with Gasteiger partial charge in [0.05, 0.1) is 19.8 Å². The van der Waals surface area contributed by atoms with Crippen molar-refractivity contribution >= 4 is 46.0 Å². The lowest BCUT2D eigenvalue weighted by molar-refractivity contribution is 0.0448. The van der Waals surface area contributed by atoms with Gasteiger partial charge in [-0.25, -0.2) is 19.4 Å². The van der Waals surface area contributed by atoms with Gasteiger partial charge in [0.2, 0.25) is 0 Å². The van der Waals surface area contributed by atoms with Crippen molar-refractivity contribution in [3.8, 4) is 0 Å². The second-order valence-corrected chi connectivity index (χ2v) is 6.97. The molecule has 12 heteroatoms. The Balaban J connectivity index is 2.33. The van der Waals surface area contributed by atoms with Crippen LogP contribution in [0.4, 0.5) is 13.8 Å². The molecule has 0 aromatic carbocycles. The van der Waals surface area contributed by atoms with E-state index in [0.29, 0.717) is 0 Å². The van der Waals surface area contributed by atoms with Gasteiger partial charge in [-0.15, -0.1) is 11.3 Å². The van der Waals surface area contributed by atoms with Crippen molar-refractivity contribution in [2.45, 2.75) is 17.4 Å². The average molecular weight is 432 g/mol. The van der Waals surface area contributed by atoms with E-state index in [-0.39, 0.29) is 43.4 Å². The lowest BCUT2D eigenvalue weighted by Crippen LogP contribution is -2.13. The predicted octanol–water partition coefficient (Wildman–Crippen LogP) is 2.97. The summed E-state index contributed by atoms with van der Waals surface area (Å²) < 4.78 is 39.7. The molecule has 0 aliphatic heterocycles. The lowest BCUT2D eigenvalue weighted by Gasteiger charge is -2.10. The van der Waals surface area contributed by atoms with Crippen LogP contribution in [-0.4, -0.2) is 42.9 Å². The number of nitrogen functional groups attached to an aromatic ring is 1. The van der Waals surface area contributed by atoms with Crippen molar-refractivity contribution in [3.05, 3.63) is 39.9 Å². The first-order chi connectivity index (χ1) is 13.3. The number of nitrogens with two attached hydrogens (primary N) is 1. The molecule has 0 unspecified atom stereocenters. The number of carbonyl (C=O) groups excluding carboxylic acids is 3. The molecule has 2 aromatic heterocycles. The van der Waals surface area contributed by atoms with Crippen LogP contribution < -0.4 is 5.73 Å². The first-order valence-corrected chi connectivity index (χ1v) is 9.14. The molecule has 2 heterocycles. The molecular formula is C16H14F2N2O6S2. The van der Waals surface area contributed by atoms with Crippen LogP contribution in [0.2, 0.25) is 0 Å². The number of esters is 3. The molecule has 0 saturated heterocycles. The fourth-order valence-electron chi connectivity index (χ4n) is 2.15. The average Bonchev–Trinajstić information content (AvgIpc) is 3.01. The van der Waals surface area contributed by atoms with E-state index in [1.165, 1.54) is 18.3 Å². The van der Waals surface area contributed by atoms with Gasteiger partial charge in [-0.1, -0.05) is 0 Å². The zero-order valence-electron chi connectivity index (χ0n) is 14.6. The summed E-state index contributed by atoms with van der Waals surface area (Å²) in [7, 11) is 2.26. The molecule has 150 valence electrons. The second-order valence-electron chi connectivity index (χ2n) is 4.94. The standard InChI is InChI=1S/C16H14F2N2O6S2/c1-24-14(22)9-8(10(15(23)25-2)27-11(9)19)6-26-13(21)7-4-3-5-20-12(7)28-16(17)18/h3-5,16H,6,19H2,1-2H3. The van der Waals surface area contributed by atoms with Gasteiger partial charge in [-0.2, -0.15) is 8.78 Å². The third-order valence-electron chi connectivity index (χ3n) is 3.33. The molecule has 28 heavy (non-hydrogen) atoms. The van der Waals surface area contributed by atoms with Gasteiger partial charge in [0.25, 0.3) is 5.76 Å². The predicted molar refractivity (Wildman–Crippen MR) is 96.6 cm³/mol. The van der Waals surface area contributed by atoms with E-state index >= 15 is 0 Å². The van der Waals surface area contributed by atoms with Gasteiger partial charge in [0.15, 0.2) is 0 Å². The summed E-state index contributed by atoms with van der Waals surface area (Å²) in [5.41, 5.74) is 5.47. The van der Waals surface area contributed by atoms with Crippen LogP contribution in [0, 0.1) is 0 Å². The van der Waals surface area contributed by atoms with Crippen molar-refractivity contribution in [1.82, 2.24) is 4.98 Å². The summed E-state index contributed by atoms with van der Waals surface area (Å²) in [4.78, 5) is 40.0. The minimum Gasteiger partial charge on any atom is -0.465 e.